The highest BCUT2D eigenvalue weighted by Gasteiger charge is 2.22. The SMILES string of the molecule is CCC(C)[C@H](NC=O)C(=O)NCc1ccncc1. The summed E-state index contributed by atoms with van der Waals surface area (Å²) in [5, 5.41) is 5.38. The number of nitrogens with zero attached hydrogens (tertiary/aromatic N) is 1. The van der Waals surface area contributed by atoms with Gasteiger partial charge in [0.05, 0.1) is 0 Å². The van der Waals surface area contributed by atoms with Crippen molar-refractivity contribution in [2.75, 3.05) is 0 Å². The van der Waals surface area contributed by atoms with E-state index in [1.807, 2.05) is 26.0 Å². The summed E-state index contributed by atoms with van der Waals surface area (Å²) in [6.45, 7) is 4.36. The average Bonchev–Trinajstić information content (AvgIpc) is 2.42. The maximum Gasteiger partial charge on any atom is 0.243 e. The van der Waals surface area contributed by atoms with E-state index in [1.54, 1.807) is 12.4 Å². The summed E-state index contributed by atoms with van der Waals surface area (Å²) in [6, 6.07) is 3.20. The molecule has 18 heavy (non-hydrogen) atoms. The molecule has 1 unspecified atom stereocenters. The Balaban J connectivity index is 2.54. The van der Waals surface area contributed by atoms with Gasteiger partial charge in [-0.25, -0.2) is 0 Å². The van der Waals surface area contributed by atoms with Gasteiger partial charge in [-0.2, -0.15) is 0 Å². The minimum absolute atomic E-state index is 0.104. The number of nitrogens with one attached hydrogen (secondary N) is 2. The van der Waals surface area contributed by atoms with Crippen LogP contribution < -0.4 is 10.6 Å². The van der Waals surface area contributed by atoms with Crippen molar-refractivity contribution in [3.63, 3.8) is 0 Å². The molecule has 0 saturated heterocycles. The van der Waals surface area contributed by atoms with E-state index in [9.17, 15) is 9.59 Å². The molecule has 5 heteroatoms. The van der Waals surface area contributed by atoms with Crippen molar-refractivity contribution >= 4 is 12.3 Å². The monoisotopic (exact) mass is 249 g/mol. The number of aromatic nitrogens is 1. The minimum Gasteiger partial charge on any atom is -0.350 e. The first-order valence-electron chi connectivity index (χ1n) is 6.05. The summed E-state index contributed by atoms with van der Waals surface area (Å²) >= 11 is 0. The molecule has 0 aliphatic rings. The van der Waals surface area contributed by atoms with Crippen LogP contribution >= 0.6 is 0 Å². The quantitative estimate of drug-likeness (QED) is 0.704. The largest absolute Gasteiger partial charge is 0.350 e. The lowest BCUT2D eigenvalue weighted by molar-refractivity contribution is -0.126. The highest BCUT2D eigenvalue weighted by molar-refractivity contribution is 5.83. The Morgan fingerprint density at radius 2 is 2.11 bits per heavy atom. The standard InChI is InChI=1S/C13H19N3O2/c1-3-10(2)12(16-9-17)13(18)15-8-11-4-6-14-7-5-11/h4-7,9-10,12H,3,8H2,1-2H3,(H,15,18)(H,16,17)/t10?,12-/m0/s1. The van der Waals surface area contributed by atoms with Gasteiger partial charge < -0.3 is 10.6 Å². The lowest BCUT2D eigenvalue weighted by Gasteiger charge is -2.21. The number of carbonyl (C=O) groups is 2. The molecular weight excluding hydrogens is 230 g/mol. The Bertz CT molecular complexity index is 381. The fraction of sp³-hybridized carbons (Fsp3) is 0.462. The zero-order valence-electron chi connectivity index (χ0n) is 10.7. The van der Waals surface area contributed by atoms with Crippen molar-refractivity contribution in [2.45, 2.75) is 32.9 Å². The van der Waals surface area contributed by atoms with Gasteiger partial charge in [0.25, 0.3) is 0 Å². The third-order valence-corrected chi connectivity index (χ3v) is 2.96. The van der Waals surface area contributed by atoms with Gasteiger partial charge in [0.2, 0.25) is 12.3 Å². The molecule has 1 heterocycles. The lowest BCUT2D eigenvalue weighted by Crippen LogP contribution is -2.47. The van der Waals surface area contributed by atoms with Crippen LogP contribution in [0.5, 0.6) is 0 Å². The molecule has 5 nitrogen and oxygen atoms in total. The second kappa shape index (κ2) is 7.42. The summed E-state index contributed by atoms with van der Waals surface area (Å²) < 4.78 is 0. The molecule has 0 aromatic carbocycles. The highest BCUT2D eigenvalue weighted by atomic mass is 16.2. The van der Waals surface area contributed by atoms with Crippen LogP contribution in [0.1, 0.15) is 25.8 Å². The molecule has 0 aliphatic heterocycles. The van der Waals surface area contributed by atoms with Gasteiger partial charge in [-0.1, -0.05) is 20.3 Å². The normalized spacial score (nSPS) is 13.4. The van der Waals surface area contributed by atoms with E-state index in [2.05, 4.69) is 15.6 Å². The van der Waals surface area contributed by atoms with Gasteiger partial charge in [-0.3, -0.25) is 14.6 Å². The molecule has 98 valence electrons. The maximum atomic E-state index is 12.0. The molecule has 0 fully saturated rings. The molecule has 0 bridgehead atoms. The van der Waals surface area contributed by atoms with Gasteiger partial charge in [0.1, 0.15) is 6.04 Å². The van der Waals surface area contributed by atoms with Crippen molar-refractivity contribution in [3.05, 3.63) is 30.1 Å². The zero-order valence-corrected chi connectivity index (χ0v) is 10.7. The topological polar surface area (TPSA) is 71.1 Å². The fourth-order valence-electron chi connectivity index (χ4n) is 1.61. The Morgan fingerprint density at radius 3 is 2.67 bits per heavy atom. The van der Waals surface area contributed by atoms with Crippen LogP contribution in [0, 0.1) is 5.92 Å². The van der Waals surface area contributed by atoms with Crippen molar-refractivity contribution in [1.82, 2.24) is 15.6 Å². The highest BCUT2D eigenvalue weighted by Crippen LogP contribution is 2.07. The van der Waals surface area contributed by atoms with E-state index < -0.39 is 6.04 Å². The van der Waals surface area contributed by atoms with Gasteiger partial charge in [0.15, 0.2) is 0 Å². The lowest BCUT2D eigenvalue weighted by atomic mass is 9.98. The number of rotatable bonds is 7. The van der Waals surface area contributed by atoms with Crippen LogP contribution in [0.3, 0.4) is 0 Å². The molecule has 2 atom stereocenters. The first kappa shape index (κ1) is 14.2. The first-order chi connectivity index (χ1) is 8.69. The molecule has 2 amide bonds. The van der Waals surface area contributed by atoms with Crippen LogP contribution in [0.25, 0.3) is 0 Å². The van der Waals surface area contributed by atoms with Crippen LogP contribution in [0.15, 0.2) is 24.5 Å². The van der Waals surface area contributed by atoms with Gasteiger partial charge in [0, 0.05) is 18.9 Å². The number of amides is 2. The van der Waals surface area contributed by atoms with E-state index in [0.717, 1.165) is 12.0 Å². The molecule has 0 radical (unpaired) electrons. The number of hydrogen-bond acceptors (Lipinski definition) is 3. The predicted octanol–water partition coefficient (Wildman–Crippen LogP) is 0.858. The summed E-state index contributed by atoms with van der Waals surface area (Å²) in [4.78, 5) is 26.4. The van der Waals surface area contributed by atoms with E-state index in [1.165, 1.54) is 0 Å². The van der Waals surface area contributed by atoms with E-state index in [-0.39, 0.29) is 11.8 Å². The van der Waals surface area contributed by atoms with E-state index in [4.69, 9.17) is 0 Å². The molecule has 1 rings (SSSR count). The second-order valence-corrected chi connectivity index (χ2v) is 4.22. The van der Waals surface area contributed by atoms with Crippen LogP contribution in [0.4, 0.5) is 0 Å². The fourth-order valence-corrected chi connectivity index (χ4v) is 1.61. The summed E-state index contributed by atoms with van der Waals surface area (Å²) in [6.07, 6.45) is 4.76. The van der Waals surface area contributed by atoms with Crippen molar-refractivity contribution < 1.29 is 9.59 Å². The molecular formula is C13H19N3O2. The average molecular weight is 249 g/mol. The molecule has 0 saturated carbocycles. The molecule has 0 spiro atoms. The Morgan fingerprint density at radius 1 is 1.44 bits per heavy atom. The third kappa shape index (κ3) is 4.16. The van der Waals surface area contributed by atoms with E-state index in [0.29, 0.717) is 13.0 Å². The maximum absolute atomic E-state index is 12.0. The Hall–Kier alpha value is -1.91. The van der Waals surface area contributed by atoms with Gasteiger partial charge in [-0.15, -0.1) is 0 Å². The number of pyridine rings is 1. The number of carbonyl (C=O) groups excluding carboxylic acids is 2. The smallest absolute Gasteiger partial charge is 0.243 e. The molecule has 1 aromatic heterocycles. The van der Waals surface area contributed by atoms with Crippen LogP contribution in [0.2, 0.25) is 0 Å². The zero-order chi connectivity index (χ0) is 13.4. The third-order valence-electron chi connectivity index (χ3n) is 2.96. The molecule has 1 aromatic rings. The van der Waals surface area contributed by atoms with Crippen LogP contribution in [-0.2, 0) is 16.1 Å². The van der Waals surface area contributed by atoms with E-state index >= 15 is 0 Å². The van der Waals surface area contributed by atoms with Gasteiger partial charge >= 0.3 is 0 Å². The summed E-state index contributed by atoms with van der Waals surface area (Å²) in [5.74, 6) is -0.0547. The molecule has 2 N–H and O–H groups in total. The van der Waals surface area contributed by atoms with Crippen molar-refractivity contribution in [1.29, 1.82) is 0 Å². The summed E-state index contributed by atoms with van der Waals surface area (Å²) in [7, 11) is 0. The Kier molecular flexibility index (Phi) is 5.84. The minimum atomic E-state index is -0.477. The van der Waals surface area contributed by atoms with Crippen LogP contribution in [-0.4, -0.2) is 23.3 Å². The van der Waals surface area contributed by atoms with Crippen molar-refractivity contribution in [3.8, 4) is 0 Å². The van der Waals surface area contributed by atoms with Gasteiger partial charge in [-0.05, 0) is 23.6 Å². The summed E-state index contributed by atoms with van der Waals surface area (Å²) in [5.41, 5.74) is 0.979. The second-order valence-electron chi connectivity index (χ2n) is 4.22. The number of hydrogen-bond donors (Lipinski definition) is 2. The first-order valence-corrected chi connectivity index (χ1v) is 6.05. The Labute approximate surface area is 107 Å². The molecule has 0 aliphatic carbocycles. The van der Waals surface area contributed by atoms with Crippen molar-refractivity contribution in [2.24, 2.45) is 5.92 Å². The predicted molar refractivity (Wildman–Crippen MR) is 68.5 cm³/mol.